The normalized spacial score (nSPS) is 12.3. The summed E-state index contributed by atoms with van der Waals surface area (Å²) in [6.07, 6.45) is 1.90. The number of aromatic nitrogens is 3. The molecule has 2 aromatic heterocycles. The average Bonchev–Trinajstić information content (AvgIpc) is 3.70. The van der Waals surface area contributed by atoms with E-state index in [0.717, 1.165) is 83.6 Å². The maximum atomic E-state index is 12.6. The zero-order chi connectivity index (χ0) is 48.3. The molecule has 0 spiro atoms. The minimum absolute atomic E-state index is 0. The van der Waals surface area contributed by atoms with Crippen LogP contribution >= 0.6 is 0 Å². The molecular weight excluding hydrogens is 1020 g/mol. The fourth-order valence-corrected chi connectivity index (χ4v) is 9.11. The van der Waals surface area contributed by atoms with E-state index >= 15 is 0 Å². The average molecular weight is 1090 g/mol. The smallest absolute Gasteiger partial charge is 0.148 e. The molecular formula is C64H64N3OPt-. The van der Waals surface area contributed by atoms with E-state index in [-0.39, 0.29) is 48.5 Å². The standard InChI is InChI=1S/C64H64N3O.Pt/c1-61(2,3)49-28-26-43(27-29-49)44-30-31-65-56(37-44)48-33-45(41-20-15-13-16-21-41)32-47(34-48)53-24-19-25-57-58(53)66-60(54-39-51(63(7,8)9)40-55(59(54)68)64(10,11)12)67(57)52-36-46(42-22-17-14-18-23-42)35-50(38-52)62(4,5)6;/h13-33,35-40,68H,1-12H3;/q-1;. The monoisotopic (exact) mass is 1090 g/mol. The Morgan fingerprint density at radius 3 is 1.61 bits per heavy atom. The molecule has 0 aliphatic carbocycles. The van der Waals surface area contributed by atoms with Crippen LogP contribution in [0.1, 0.15) is 105 Å². The fraction of sp³-hybridized carbons (Fsp3) is 0.250. The van der Waals surface area contributed by atoms with E-state index in [4.69, 9.17) is 9.97 Å². The first-order valence-electron chi connectivity index (χ1n) is 24.0. The molecule has 5 heteroatoms. The van der Waals surface area contributed by atoms with Crippen molar-refractivity contribution in [1.82, 2.24) is 14.5 Å². The van der Waals surface area contributed by atoms with Crippen molar-refractivity contribution in [2.24, 2.45) is 0 Å². The van der Waals surface area contributed by atoms with Crippen LogP contribution in [0.4, 0.5) is 0 Å². The second-order valence-electron chi connectivity index (χ2n) is 22.6. The molecule has 0 aliphatic heterocycles. The van der Waals surface area contributed by atoms with Crippen LogP contribution in [0.2, 0.25) is 0 Å². The van der Waals surface area contributed by atoms with Crippen LogP contribution in [-0.4, -0.2) is 19.6 Å². The van der Waals surface area contributed by atoms with Gasteiger partial charge in [0, 0.05) is 44.2 Å². The molecule has 2 heterocycles. The Kier molecular flexibility index (Phi) is 13.2. The predicted octanol–water partition coefficient (Wildman–Crippen LogP) is 17.1. The molecule has 0 saturated carbocycles. The Morgan fingerprint density at radius 2 is 1.01 bits per heavy atom. The first kappa shape index (κ1) is 49.1. The van der Waals surface area contributed by atoms with Crippen molar-refractivity contribution >= 4 is 11.0 Å². The van der Waals surface area contributed by atoms with Gasteiger partial charge >= 0.3 is 0 Å². The van der Waals surface area contributed by atoms with Gasteiger partial charge in [0.2, 0.25) is 0 Å². The summed E-state index contributed by atoms with van der Waals surface area (Å²) in [7, 11) is 0. The molecule has 9 rings (SSSR count). The Bertz CT molecular complexity index is 3300. The number of imidazole rings is 1. The van der Waals surface area contributed by atoms with Crippen LogP contribution in [0.25, 0.3) is 83.9 Å². The predicted molar refractivity (Wildman–Crippen MR) is 287 cm³/mol. The number of pyridine rings is 1. The van der Waals surface area contributed by atoms with Crippen molar-refractivity contribution in [3.05, 3.63) is 192 Å². The van der Waals surface area contributed by atoms with Gasteiger partial charge in [-0.05, 0) is 96.5 Å². The van der Waals surface area contributed by atoms with Crippen molar-refractivity contribution in [2.45, 2.75) is 105 Å². The minimum Gasteiger partial charge on any atom is -0.507 e. The van der Waals surface area contributed by atoms with E-state index in [2.05, 4.69) is 251 Å². The Morgan fingerprint density at radius 1 is 0.449 bits per heavy atom. The Balaban J connectivity index is 0.00000642. The first-order valence-corrected chi connectivity index (χ1v) is 24.0. The SMILES string of the molecule is CC(C)(C)c1ccc(-c2ccnc(-c3[c-]c(-c4cccc5c4nc(-c4cc(C(C)(C)C)cc(C(C)(C)C)c4O)n5-c4cc(-c5ccccc5)cc(C(C)(C)C)c4)cc(-c4ccccc4)c3)c2)cc1.[Pt]. The third-order valence-electron chi connectivity index (χ3n) is 13.2. The number of hydrogen-bond donors (Lipinski definition) is 1. The van der Waals surface area contributed by atoms with Gasteiger partial charge in [0.1, 0.15) is 11.6 Å². The summed E-state index contributed by atoms with van der Waals surface area (Å²) in [6, 6.07) is 60.2. The quantitative estimate of drug-likeness (QED) is 0.162. The van der Waals surface area contributed by atoms with Gasteiger partial charge in [-0.25, -0.2) is 4.98 Å². The number of hydrogen-bond acceptors (Lipinski definition) is 3. The molecule has 0 atom stereocenters. The second-order valence-corrected chi connectivity index (χ2v) is 22.6. The zero-order valence-electron chi connectivity index (χ0n) is 42.2. The third-order valence-corrected chi connectivity index (χ3v) is 13.2. The number of rotatable bonds is 7. The summed E-state index contributed by atoms with van der Waals surface area (Å²) in [6.45, 7) is 26.7. The molecule has 69 heavy (non-hydrogen) atoms. The molecule has 0 saturated heterocycles. The van der Waals surface area contributed by atoms with Crippen molar-refractivity contribution in [2.75, 3.05) is 0 Å². The molecule has 352 valence electrons. The van der Waals surface area contributed by atoms with Gasteiger partial charge in [0.25, 0.3) is 0 Å². The van der Waals surface area contributed by atoms with Gasteiger partial charge in [0.15, 0.2) is 0 Å². The summed E-state index contributed by atoms with van der Waals surface area (Å²) >= 11 is 0. The number of fused-ring (bicyclic) bond motifs is 1. The van der Waals surface area contributed by atoms with E-state index in [9.17, 15) is 5.11 Å². The molecule has 0 amide bonds. The van der Waals surface area contributed by atoms with Gasteiger partial charge < -0.3 is 5.11 Å². The summed E-state index contributed by atoms with van der Waals surface area (Å²) in [5, 5.41) is 12.6. The van der Waals surface area contributed by atoms with Crippen LogP contribution in [0, 0.1) is 6.07 Å². The van der Waals surface area contributed by atoms with Gasteiger partial charge in [-0.3, -0.25) is 9.55 Å². The van der Waals surface area contributed by atoms with Crippen molar-refractivity contribution in [3.63, 3.8) is 0 Å². The number of para-hydroxylation sites is 1. The molecule has 0 bridgehead atoms. The summed E-state index contributed by atoms with van der Waals surface area (Å²) in [5.41, 5.74) is 17.6. The molecule has 0 aliphatic rings. The third kappa shape index (κ3) is 10.1. The number of phenols is 1. The van der Waals surface area contributed by atoms with Crippen molar-refractivity contribution < 1.29 is 26.2 Å². The zero-order valence-corrected chi connectivity index (χ0v) is 44.5. The number of benzene rings is 7. The molecule has 0 unspecified atom stereocenters. The minimum atomic E-state index is -0.334. The molecule has 4 nitrogen and oxygen atoms in total. The van der Waals surface area contributed by atoms with Crippen LogP contribution in [0.5, 0.6) is 5.75 Å². The largest absolute Gasteiger partial charge is 0.507 e. The van der Waals surface area contributed by atoms with Gasteiger partial charge in [-0.2, -0.15) is 0 Å². The first-order chi connectivity index (χ1) is 32.1. The molecule has 9 aromatic rings. The van der Waals surface area contributed by atoms with Gasteiger partial charge in [-0.15, -0.1) is 23.8 Å². The van der Waals surface area contributed by atoms with E-state index < -0.39 is 0 Å². The Hall–Kier alpha value is -6.35. The maximum absolute atomic E-state index is 12.6. The number of aromatic hydroxyl groups is 1. The molecule has 0 radical (unpaired) electrons. The van der Waals surface area contributed by atoms with E-state index in [1.807, 2.05) is 6.20 Å². The van der Waals surface area contributed by atoms with Crippen molar-refractivity contribution in [1.29, 1.82) is 0 Å². The number of nitrogens with zero attached hydrogens (tertiary/aromatic N) is 3. The summed E-state index contributed by atoms with van der Waals surface area (Å²) < 4.78 is 2.27. The van der Waals surface area contributed by atoms with Gasteiger partial charge in [-0.1, -0.05) is 215 Å². The van der Waals surface area contributed by atoms with Crippen LogP contribution in [0.15, 0.2) is 164 Å². The van der Waals surface area contributed by atoms with Gasteiger partial charge in [0.05, 0.1) is 16.6 Å². The maximum Gasteiger partial charge on any atom is 0.148 e. The van der Waals surface area contributed by atoms with E-state index in [0.29, 0.717) is 11.4 Å². The van der Waals surface area contributed by atoms with E-state index in [1.54, 1.807) is 0 Å². The van der Waals surface area contributed by atoms with Crippen LogP contribution in [0.3, 0.4) is 0 Å². The second kappa shape index (κ2) is 18.5. The van der Waals surface area contributed by atoms with Crippen LogP contribution < -0.4 is 0 Å². The molecule has 0 fully saturated rings. The van der Waals surface area contributed by atoms with E-state index in [1.165, 1.54) is 11.1 Å². The van der Waals surface area contributed by atoms with Crippen LogP contribution in [-0.2, 0) is 42.7 Å². The summed E-state index contributed by atoms with van der Waals surface area (Å²) in [5.74, 6) is 0.927. The molecule has 7 aromatic carbocycles. The van der Waals surface area contributed by atoms with Crippen molar-refractivity contribution in [3.8, 4) is 78.6 Å². The Labute approximate surface area is 424 Å². The molecule has 1 N–H and O–H groups in total. The summed E-state index contributed by atoms with van der Waals surface area (Å²) in [4.78, 5) is 10.7. The fourth-order valence-electron chi connectivity index (χ4n) is 9.11. The number of phenolic OH excluding ortho intramolecular Hbond substituents is 1. The topological polar surface area (TPSA) is 50.9 Å².